The summed E-state index contributed by atoms with van der Waals surface area (Å²) in [4.78, 5) is 4.26. The quantitative estimate of drug-likeness (QED) is 0.714. The van der Waals surface area contributed by atoms with Crippen LogP contribution >= 0.6 is 47.8 Å². The van der Waals surface area contributed by atoms with Crippen LogP contribution < -0.4 is 4.74 Å². The lowest BCUT2D eigenvalue weighted by Gasteiger charge is -2.15. The molecular formula is C14H12Br3NO2. The normalized spacial score (nSPS) is 12.2. The topological polar surface area (TPSA) is 42.4 Å². The molecule has 0 bridgehead atoms. The Morgan fingerprint density at radius 2 is 1.95 bits per heavy atom. The van der Waals surface area contributed by atoms with Crippen molar-refractivity contribution in [2.45, 2.75) is 12.5 Å². The summed E-state index contributed by atoms with van der Waals surface area (Å²) < 4.78 is 7.90. The maximum absolute atomic E-state index is 10.4. The largest absolute Gasteiger partial charge is 0.496 e. The zero-order chi connectivity index (χ0) is 14.7. The molecular weight excluding hydrogens is 454 g/mol. The van der Waals surface area contributed by atoms with Crippen molar-refractivity contribution in [1.82, 2.24) is 4.98 Å². The van der Waals surface area contributed by atoms with Gasteiger partial charge in [0.25, 0.3) is 0 Å². The van der Waals surface area contributed by atoms with Gasteiger partial charge in [-0.1, -0.05) is 15.9 Å². The third-order valence-corrected chi connectivity index (χ3v) is 4.37. The van der Waals surface area contributed by atoms with Crippen LogP contribution in [-0.4, -0.2) is 17.2 Å². The summed E-state index contributed by atoms with van der Waals surface area (Å²) in [7, 11) is 1.62. The zero-order valence-electron chi connectivity index (χ0n) is 10.6. The highest BCUT2D eigenvalue weighted by molar-refractivity contribution is 9.11. The molecule has 1 atom stereocenters. The minimum Gasteiger partial charge on any atom is -0.496 e. The van der Waals surface area contributed by atoms with Crippen LogP contribution in [0.1, 0.15) is 17.4 Å². The zero-order valence-corrected chi connectivity index (χ0v) is 15.4. The number of nitrogens with zero attached hydrogens (tertiary/aromatic N) is 1. The van der Waals surface area contributed by atoms with E-state index in [1.165, 1.54) is 0 Å². The number of aliphatic hydroxyl groups excluding tert-OH is 1. The van der Waals surface area contributed by atoms with Gasteiger partial charge < -0.3 is 9.84 Å². The highest BCUT2D eigenvalue weighted by Gasteiger charge is 2.16. The highest BCUT2D eigenvalue weighted by atomic mass is 79.9. The molecule has 0 amide bonds. The highest BCUT2D eigenvalue weighted by Crippen LogP contribution is 2.30. The van der Waals surface area contributed by atoms with Crippen LogP contribution in [0.25, 0.3) is 0 Å². The first-order valence-electron chi connectivity index (χ1n) is 5.82. The molecule has 2 aromatic rings. The molecule has 3 nitrogen and oxygen atoms in total. The number of halogens is 3. The van der Waals surface area contributed by atoms with E-state index in [2.05, 4.69) is 52.8 Å². The fourth-order valence-electron chi connectivity index (χ4n) is 1.88. The van der Waals surface area contributed by atoms with Gasteiger partial charge in [0.2, 0.25) is 0 Å². The Morgan fingerprint density at radius 3 is 2.60 bits per heavy atom. The second-order valence-electron chi connectivity index (χ2n) is 4.20. The van der Waals surface area contributed by atoms with E-state index >= 15 is 0 Å². The molecule has 0 saturated heterocycles. The molecule has 0 radical (unpaired) electrons. The van der Waals surface area contributed by atoms with E-state index in [9.17, 15) is 5.11 Å². The average molecular weight is 466 g/mol. The second-order valence-corrected chi connectivity index (χ2v) is 6.88. The Hall–Kier alpha value is -0.430. The van der Waals surface area contributed by atoms with Crippen LogP contribution in [-0.2, 0) is 6.42 Å². The van der Waals surface area contributed by atoms with Gasteiger partial charge >= 0.3 is 0 Å². The predicted molar refractivity (Wildman–Crippen MR) is 89.0 cm³/mol. The number of rotatable bonds is 4. The Bertz CT molecular complexity index is 619. The molecule has 1 unspecified atom stereocenters. The number of hydrogen-bond donors (Lipinski definition) is 1. The molecule has 0 aliphatic carbocycles. The van der Waals surface area contributed by atoms with Gasteiger partial charge in [0.15, 0.2) is 0 Å². The Balaban J connectivity index is 2.27. The Labute approximate surface area is 142 Å². The third-order valence-electron chi connectivity index (χ3n) is 2.81. The first-order valence-corrected chi connectivity index (χ1v) is 8.20. The van der Waals surface area contributed by atoms with Gasteiger partial charge in [0.1, 0.15) is 11.9 Å². The van der Waals surface area contributed by atoms with Crippen LogP contribution in [0, 0.1) is 0 Å². The van der Waals surface area contributed by atoms with Gasteiger partial charge in [-0.15, -0.1) is 0 Å². The number of benzene rings is 1. The fraction of sp³-hybridized carbons (Fsp3) is 0.214. The van der Waals surface area contributed by atoms with Gasteiger partial charge in [-0.2, -0.15) is 0 Å². The van der Waals surface area contributed by atoms with Crippen molar-refractivity contribution in [2.24, 2.45) is 0 Å². The summed E-state index contributed by atoms with van der Waals surface area (Å²) in [5.74, 6) is 0.750. The van der Waals surface area contributed by atoms with E-state index in [4.69, 9.17) is 4.74 Å². The lowest BCUT2D eigenvalue weighted by atomic mass is 10.0. The molecule has 20 heavy (non-hydrogen) atoms. The van der Waals surface area contributed by atoms with Gasteiger partial charge in [-0.25, -0.2) is 0 Å². The molecule has 106 valence electrons. The monoisotopic (exact) mass is 463 g/mol. The van der Waals surface area contributed by atoms with Crippen LogP contribution in [0.3, 0.4) is 0 Å². The Kier molecular flexibility index (Phi) is 5.60. The summed E-state index contributed by atoms with van der Waals surface area (Å²) in [6.45, 7) is 0. The number of aromatic nitrogens is 1. The van der Waals surface area contributed by atoms with E-state index in [-0.39, 0.29) is 0 Å². The smallest absolute Gasteiger partial charge is 0.122 e. The number of aliphatic hydroxyl groups is 1. The van der Waals surface area contributed by atoms with E-state index in [0.717, 1.165) is 24.7 Å². The van der Waals surface area contributed by atoms with Crippen molar-refractivity contribution in [2.75, 3.05) is 7.11 Å². The number of ether oxygens (including phenoxy) is 1. The summed E-state index contributed by atoms with van der Waals surface area (Å²) in [6.07, 6.45) is 1.39. The summed E-state index contributed by atoms with van der Waals surface area (Å²) in [5, 5.41) is 10.4. The first kappa shape index (κ1) is 15.9. The SMILES string of the molecule is COc1ccc(Br)cc1CC(O)c1ncc(Br)cc1Br. The molecule has 0 spiro atoms. The lowest BCUT2D eigenvalue weighted by molar-refractivity contribution is 0.171. The first-order chi connectivity index (χ1) is 9.51. The van der Waals surface area contributed by atoms with Crippen LogP contribution in [0.15, 0.2) is 43.9 Å². The maximum atomic E-state index is 10.4. The molecule has 1 aromatic carbocycles. The predicted octanol–water partition coefficient (Wildman–Crippen LogP) is 4.65. The average Bonchev–Trinajstić information content (AvgIpc) is 2.38. The molecule has 0 fully saturated rings. The number of pyridine rings is 1. The number of methoxy groups -OCH3 is 1. The molecule has 1 aromatic heterocycles. The van der Waals surface area contributed by atoms with Crippen molar-refractivity contribution in [3.8, 4) is 5.75 Å². The lowest BCUT2D eigenvalue weighted by Crippen LogP contribution is -2.06. The van der Waals surface area contributed by atoms with Gasteiger partial charge in [0, 0.05) is 26.0 Å². The molecule has 0 aliphatic rings. The van der Waals surface area contributed by atoms with E-state index in [1.54, 1.807) is 13.3 Å². The fourth-order valence-corrected chi connectivity index (χ4v) is 3.54. The molecule has 0 saturated carbocycles. The standard InChI is InChI=1S/C14H12Br3NO2/c1-20-13-3-2-9(15)4-8(13)5-12(19)14-11(17)6-10(16)7-18-14/h2-4,6-7,12,19H,5H2,1H3. The van der Waals surface area contributed by atoms with E-state index in [0.29, 0.717) is 12.1 Å². The number of hydrogen-bond acceptors (Lipinski definition) is 3. The Morgan fingerprint density at radius 1 is 1.20 bits per heavy atom. The van der Waals surface area contributed by atoms with Gasteiger partial charge in [-0.3, -0.25) is 4.98 Å². The second kappa shape index (κ2) is 7.02. The van der Waals surface area contributed by atoms with Gasteiger partial charge in [-0.05, 0) is 61.7 Å². The van der Waals surface area contributed by atoms with Crippen LogP contribution in [0.4, 0.5) is 0 Å². The molecule has 1 N–H and O–H groups in total. The van der Waals surface area contributed by atoms with E-state index in [1.807, 2.05) is 24.3 Å². The van der Waals surface area contributed by atoms with Crippen molar-refractivity contribution in [3.63, 3.8) is 0 Å². The molecule has 2 rings (SSSR count). The van der Waals surface area contributed by atoms with Crippen molar-refractivity contribution < 1.29 is 9.84 Å². The van der Waals surface area contributed by atoms with Crippen LogP contribution in [0.5, 0.6) is 5.75 Å². The minimum atomic E-state index is -0.708. The van der Waals surface area contributed by atoms with E-state index < -0.39 is 6.10 Å². The molecule has 0 aliphatic heterocycles. The molecule has 6 heteroatoms. The van der Waals surface area contributed by atoms with Crippen molar-refractivity contribution in [1.29, 1.82) is 0 Å². The van der Waals surface area contributed by atoms with Crippen molar-refractivity contribution >= 4 is 47.8 Å². The maximum Gasteiger partial charge on any atom is 0.122 e. The summed E-state index contributed by atoms with van der Waals surface area (Å²) >= 11 is 10.2. The summed E-state index contributed by atoms with van der Waals surface area (Å²) in [5.41, 5.74) is 1.53. The molecule has 1 heterocycles. The minimum absolute atomic E-state index is 0.426. The summed E-state index contributed by atoms with van der Waals surface area (Å²) in [6, 6.07) is 7.58. The van der Waals surface area contributed by atoms with Gasteiger partial charge in [0.05, 0.1) is 12.8 Å². The third kappa shape index (κ3) is 3.81. The van der Waals surface area contributed by atoms with Crippen molar-refractivity contribution in [3.05, 3.63) is 55.1 Å². The van der Waals surface area contributed by atoms with Crippen LogP contribution in [0.2, 0.25) is 0 Å².